The second-order valence-corrected chi connectivity index (χ2v) is 12.6. The third-order valence-corrected chi connectivity index (χ3v) is 7.04. The van der Waals surface area contributed by atoms with E-state index in [1.807, 2.05) is 0 Å². The summed E-state index contributed by atoms with van der Waals surface area (Å²) in [5, 5.41) is 0. The van der Waals surface area contributed by atoms with E-state index in [9.17, 15) is 0 Å². The van der Waals surface area contributed by atoms with E-state index in [4.69, 9.17) is 0 Å². The lowest BCUT2D eigenvalue weighted by Gasteiger charge is -2.21. The summed E-state index contributed by atoms with van der Waals surface area (Å²) < 4.78 is 0.239. The minimum absolute atomic E-state index is 0.239. The number of alkyl halides is 1. The van der Waals surface area contributed by atoms with Crippen LogP contribution in [0, 0.1) is 0 Å². The minimum atomic E-state index is 0.239. The summed E-state index contributed by atoms with van der Waals surface area (Å²) in [4.78, 5) is 0. The first-order valence-corrected chi connectivity index (χ1v) is 14.4. The molecule has 30 heavy (non-hydrogen) atoms. The van der Waals surface area contributed by atoms with Gasteiger partial charge in [-0.25, -0.2) is 0 Å². The first-order valence-electron chi connectivity index (χ1n) is 13.3. The Morgan fingerprint density at radius 1 is 0.567 bits per heavy atom. The Morgan fingerprint density at radius 2 is 0.933 bits per heavy atom. The van der Waals surface area contributed by atoms with Gasteiger partial charge < -0.3 is 0 Å². The predicted molar refractivity (Wildman–Crippen MR) is 146 cm³/mol. The van der Waals surface area contributed by atoms with Gasteiger partial charge in [-0.2, -0.15) is 0 Å². The Morgan fingerprint density at radius 3 is 1.33 bits per heavy atom. The van der Waals surface area contributed by atoms with Crippen LogP contribution in [0.25, 0.3) is 0 Å². The second kappa shape index (κ2) is 18.5. The van der Waals surface area contributed by atoms with Crippen molar-refractivity contribution in [3.05, 3.63) is 35.4 Å². The van der Waals surface area contributed by atoms with E-state index in [1.54, 1.807) is 5.56 Å². The van der Waals surface area contributed by atoms with Crippen molar-refractivity contribution in [3.63, 3.8) is 0 Å². The normalized spacial score (nSPS) is 11.9. The van der Waals surface area contributed by atoms with Crippen LogP contribution in [0.5, 0.6) is 0 Å². The van der Waals surface area contributed by atoms with Gasteiger partial charge >= 0.3 is 0 Å². The van der Waals surface area contributed by atoms with Gasteiger partial charge in [-0.3, -0.25) is 0 Å². The van der Waals surface area contributed by atoms with Gasteiger partial charge in [0.05, 0.1) is 0 Å². The largest absolute Gasteiger partial charge is 0.0743 e. The zero-order valence-corrected chi connectivity index (χ0v) is 22.8. The fourth-order valence-corrected chi connectivity index (χ4v) is 5.06. The van der Waals surface area contributed by atoms with Crippen LogP contribution in [-0.4, -0.2) is 0 Å². The maximum atomic E-state index is 2.57. The lowest BCUT2D eigenvalue weighted by atomic mass is 9.93. The van der Waals surface area contributed by atoms with Crippen LogP contribution < -0.4 is 0 Å². The lowest BCUT2D eigenvalue weighted by molar-refractivity contribution is 0.525. The molecule has 0 nitrogen and oxygen atoms in total. The molecule has 1 aromatic rings. The van der Waals surface area contributed by atoms with Gasteiger partial charge in [0.1, 0.15) is 0 Å². The van der Waals surface area contributed by atoms with Gasteiger partial charge in [0.15, 0.2) is 0 Å². The van der Waals surface area contributed by atoms with Gasteiger partial charge in [0, 0.05) is 3.42 Å². The first-order chi connectivity index (χ1) is 14.6. The summed E-state index contributed by atoms with van der Waals surface area (Å²) in [6.45, 7) is 6.94. The molecular formula is C29H51I. The van der Waals surface area contributed by atoms with Crippen LogP contribution in [0.4, 0.5) is 0 Å². The third-order valence-electron chi connectivity index (χ3n) is 6.46. The molecule has 0 heterocycles. The van der Waals surface area contributed by atoms with E-state index in [0.717, 1.165) is 0 Å². The molecular weight excluding hydrogens is 475 g/mol. The zero-order chi connectivity index (χ0) is 21.9. The Hall–Kier alpha value is -0.0500. The molecule has 0 amide bonds. The molecule has 0 N–H and O–H groups in total. The summed E-state index contributed by atoms with van der Waals surface area (Å²) in [7, 11) is 0. The molecule has 0 aliphatic rings. The average Bonchev–Trinajstić information content (AvgIpc) is 2.72. The van der Waals surface area contributed by atoms with Crippen LogP contribution in [-0.2, 0) is 9.84 Å². The molecule has 1 heteroatoms. The molecule has 1 rings (SSSR count). The van der Waals surface area contributed by atoms with Gasteiger partial charge in [-0.1, -0.05) is 163 Å². The van der Waals surface area contributed by atoms with E-state index in [0.29, 0.717) is 0 Å². The van der Waals surface area contributed by atoms with Crippen molar-refractivity contribution in [2.45, 2.75) is 146 Å². The van der Waals surface area contributed by atoms with Crippen LogP contribution in [0.1, 0.15) is 147 Å². The van der Waals surface area contributed by atoms with E-state index >= 15 is 0 Å². The van der Waals surface area contributed by atoms with Gasteiger partial charge in [-0.15, -0.1) is 0 Å². The monoisotopic (exact) mass is 526 g/mol. The molecule has 0 radical (unpaired) electrons. The topological polar surface area (TPSA) is 0 Å². The summed E-state index contributed by atoms with van der Waals surface area (Å²) in [5.74, 6) is 0. The molecule has 0 bridgehead atoms. The number of unbranched alkanes of at least 4 members (excludes halogenated alkanes) is 17. The van der Waals surface area contributed by atoms with Crippen LogP contribution in [0.3, 0.4) is 0 Å². The van der Waals surface area contributed by atoms with Crippen molar-refractivity contribution in [2.75, 3.05) is 0 Å². The van der Waals surface area contributed by atoms with Crippen molar-refractivity contribution in [1.82, 2.24) is 0 Å². The highest BCUT2D eigenvalue weighted by molar-refractivity contribution is 14.1. The lowest BCUT2D eigenvalue weighted by Crippen LogP contribution is -2.10. The fraction of sp³-hybridized carbons (Fsp3) is 0.793. The zero-order valence-electron chi connectivity index (χ0n) is 20.6. The van der Waals surface area contributed by atoms with E-state index in [2.05, 4.69) is 67.6 Å². The molecule has 0 saturated heterocycles. The molecule has 0 atom stereocenters. The number of hydrogen-bond donors (Lipinski definition) is 0. The van der Waals surface area contributed by atoms with E-state index in [1.165, 1.54) is 128 Å². The van der Waals surface area contributed by atoms with Crippen molar-refractivity contribution in [3.8, 4) is 0 Å². The van der Waals surface area contributed by atoms with Crippen LogP contribution >= 0.6 is 22.6 Å². The standard InChI is InChI=1S/C29H51I/c1-4-5-6-7-8-9-10-11-12-13-14-15-16-17-18-19-20-21-24-27-25-22-23-26-28(27)29(2,3)30/h22-23,25-26H,4-21,24H2,1-3H3. The van der Waals surface area contributed by atoms with E-state index in [-0.39, 0.29) is 3.42 Å². The van der Waals surface area contributed by atoms with Crippen molar-refractivity contribution in [1.29, 1.82) is 0 Å². The summed E-state index contributed by atoms with van der Waals surface area (Å²) in [5.41, 5.74) is 3.09. The summed E-state index contributed by atoms with van der Waals surface area (Å²) >= 11 is 2.57. The number of benzene rings is 1. The molecule has 174 valence electrons. The van der Waals surface area contributed by atoms with Gasteiger partial charge in [0.25, 0.3) is 0 Å². The summed E-state index contributed by atoms with van der Waals surface area (Å²) in [6.07, 6.45) is 27.3. The maximum Gasteiger partial charge on any atom is 0.0416 e. The quantitative estimate of drug-likeness (QED) is 0.0900. The smallest absolute Gasteiger partial charge is 0.0416 e. The highest BCUT2D eigenvalue weighted by Crippen LogP contribution is 2.33. The Bertz CT molecular complexity index is 499. The molecule has 0 aliphatic heterocycles. The second-order valence-electron chi connectivity index (χ2n) is 9.89. The number of aryl methyl sites for hydroxylation is 1. The molecule has 0 spiro atoms. The van der Waals surface area contributed by atoms with Crippen molar-refractivity contribution >= 4 is 22.6 Å². The highest BCUT2D eigenvalue weighted by Gasteiger charge is 2.18. The predicted octanol–water partition coefficient (Wildman–Crippen LogP) is 10.9. The third kappa shape index (κ3) is 14.9. The molecule has 0 saturated carbocycles. The summed E-state index contributed by atoms with van der Waals surface area (Å²) in [6, 6.07) is 9.05. The van der Waals surface area contributed by atoms with Gasteiger partial charge in [0.2, 0.25) is 0 Å². The SMILES string of the molecule is CCCCCCCCCCCCCCCCCCCCc1ccccc1C(C)(C)I. The minimum Gasteiger partial charge on any atom is -0.0743 e. The van der Waals surface area contributed by atoms with E-state index < -0.39 is 0 Å². The molecule has 0 aliphatic carbocycles. The van der Waals surface area contributed by atoms with Crippen molar-refractivity contribution in [2.24, 2.45) is 0 Å². The molecule has 0 fully saturated rings. The van der Waals surface area contributed by atoms with Crippen LogP contribution in [0.15, 0.2) is 24.3 Å². The highest BCUT2D eigenvalue weighted by atomic mass is 127. The van der Waals surface area contributed by atoms with Crippen LogP contribution in [0.2, 0.25) is 0 Å². The number of hydrogen-bond acceptors (Lipinski definition) is 0. The van der Waals surface area contributed by atoms with Crippen molar-refractivity contribution < 1.29 is 0 Å². The first kappa shape index (κ1) is 28.0. The maximum absolute atomic E-state index is 2.57. The van der Waals surface area contributed by atoms with Gasteiger partial charge in [-0.05, 0) is 37.8 Å². The Labute approximate surface area is 203 Å². The molecule has 0 unspecified atom stereocenters. The Balaban J connectivity index is 1.86. The molecule has 1 aromatic carbocycles. The Kier molecular flexibility index (Phi) is 17.3. The average molecular weight is 527 g/mol. The fourth-order valence-electron chi connectivity index (χ4n) is 4.54. The number of rotatable bonds is 20. The molecule has 0 aromatic heterocycles. The number of halogens is 1.